The molecular weight excluding hydrogens is 448 g/mol. The molecule has 0 aliphatic carbocycles. The van der Waals surface area contributed by atoms with Gasteiger partial charge in [-0.15, -0.1) is 0 Å². The molecule has 0 aliphatic rings. The normalized spacial score (nSPS) is 11.1. The van der Waals surface area contributed by atoms with E-state index in [9.17, 15) is 0 Å². The summed E-state index contributed by atoms with van der Waals surface area (Å²) in [4.78, 5) is 0. The van der Waals surface area contributed by atoms with Crippen LogP contribution >= 0.6 is 0 Å². The summed E-state index contributed by atoms with van der Waals surface area (Å²) < 4.78 is 5.39. The zero-order valence-electron chi connectivity index (χ0n) is 21.3. The van der Waals surface area contributed by atoms with Crippen LogP contribution in [0, 0.1) is 6.92 Å². The fraction of sp³-hybridized carbons (Fsp3) is 0.0556. The third kappa shape index (κ3) is 5.97. The molecule has 0 fully saturated rings. The molecule has 1 nitrogen and oxygen atoms in total. The quantitative estimate of drug-likeness (QED) is 0.212. The van der Waals surface area contributed by atoms with Crippen LogP contribution < -0.4 is 4.74 Å². The van der Waals surface area contributed by atoms with E-state index in [1.165, 1.54) is 33.4 Å². The minimum atomic E-state index is 0.855. The smallest absolute Gasteiger partial charge is 0.118 e. The first-order chi connectivity index (χ1) is 18.2. The van der Waals surface area contributed by atoms with Crippen molar-refractivity contribution >= 4 is 23.3 Å². The van der Waals surface area contributed by atoms with Gasteiger partial charge in [0.2, 0.25) is 0 Å². The van der Waals surface area contributed by atoms with E-state index in [0.717, 1.165) is 22.4 Å². The van der Waals surface area contributed by atoms with Crippen molar-refractivity contribution in [3.05, 3.63) is 172 Å². The molecule has 0 aromatic heterocycles. The largest absolute Gasteiger partial charge is 0.497 e. The SMILES string of the molecule is COc1ccc(/C(=C/c2cccc(C=C(c3ccccc3)c3ccccc3)c2)c2ccc(C)cc2)cc1. The average Bonchev–Trinajstić information content (AvgIpc) is 2.96. The summed E-state index contributed by atoms with van der Waals surface area (Å²) in [6.07, 6.45) is 4.55. The number of methoxy groups -OCH3 is 1. The van der Waals surface area contributed by atoms with E-state index in [2.05, 4.69) is 140 Å². The van der Waals surface area contributed by atoms with Gasteiger partial charge in [0.1, 0.15) is 5.75 Å². The molecule has 5 rings (SSSR count). The molecule has 0 radical (unpaired) electrons. The second-order valence-corrected chi connectivity index (χ2v) is 9.11. The Morgan fingerprint density at radius 1 is 0.486 bits per heavy atom. The highest BCUT2D eigenvalue weighted by Crippen LogP contribution is 2.30. The molecule has 5 aromatic carbocycles. The number of hydrogen-bond acceptors (Lipinski definition) is 1. The van der Waals surface area contributed by atoms with Crippen molar-refractivity contribution in [1.82, 2.24) is 0 Å². The summed E-state index contributed by atoms with van der Waals surface area (Å²) in [7, 11) is 1.70. The molecule has 0 unspecified atom stereocenters. The molecule has 37 heavy (non-hydrogen) atoms. The van der Waals surface area contributed by atoms with Crippen molar-refractivity contribution < 1.29 is 4.74 Å². The Bertz CT molecular complexity index is 1470. The van der Waals surface area contributed by atoms with Gasteiger partial charge in [0.15, 0.2) is 0 Å². The number of benzene rings is 5. The number of aryl methyl sites for hydroxylation is 1. The fourth-order valence-corrected chi connectivity index (χ4v) is 4.48. The third-order valence-electron chi connectivity index (χ3n) is 6.47. The Kier molecular flexibility index (Phi) is 7.43. The van der Waals surface area contributed by atoms with Crippen molar-refractivity contribution in [1.29, 1.82) is 0 Å². The summed E-state index contributed by atoms with van der Waals surface area (Å²) >= 11 is 0. The first-order valence-corrected chi connectivity index (χ1v) is 12.6. The summed E-state index contributed by atoms with van der Waals surface area (Å²) in [5.74, 6) is 0.855. The predicted octanol–water partition coefficient (Wildman–Crippen LogP) is 9.18. The molecule has 0 saturated carbocycles. The van der Waals surface area contributed by atoms with Gasteiger partial charge in [-0.3, -0.25) is 0 Å². The lowest BCUT2D eigenvalue weighted by Crippen LogP contribution is -1.91. The lowest BCUT2D eigenvalue weighted by atomic mass is 9.93. The molecule has 180 valence electrons. The summed E-state index contributed by atoms with van der Waals surface area (Å²) in [6, 6.07) is 46.9. The van der Waals surface area contributed by atoms with Crippen molar-refractivity contribution in [2.45, 2.75) is 6.92 Å². The van der Waals surface area contributed by atoms with Gasteiger partial charge in [-0.1, -0.05) is 121 Å². The van der Waals surface area contributed by atoms with E-state index in [0.29, 0.717) is 0 Å². The zero-order chi connectivity index (χ0) is 25.5. The monoisotopic (exact) mass is 478 g/mol. The lowest BCUT2D eigenvalue weighted by molar-refractivity contribution is 0.415. The number of rotatable bonds is 7. The molecule has 0 heterocycles. The molecule has 1 heteroatoms. The Morgan fingerprint density at radius 3 is 1.38 bits per heavy atom. The van der Waals surface area contributed by atoms with E-state index >= 15 is 0 Å². The molecule has 5 aromatic rings. The molecule has 0 atom stereocenters. The first kappa shape index (κ1) is 24.1. The van der Waals surface area contributed by atoms with Gasteiger partial charge in [0.05, 0.1) is 7.11 Å². The molecule has 0 aliphatic heterocycles. The van der Waals surface area contributed by atoms with E-state index in [1.807, 2.05) is 12.1 Å². The molecule has 0 N–H and O–H groups in total. The maximum absolute atomic E-state index is 5.39. The highest BCUT2D eigenvalue weighted by molar-refractivity contribution is 5.94. The van der Waals surface area contributed by atoms with Crippen molar-refractivity contribution in [2.75, 3.05) is 7.11 Å². The van der Waals surface area contributed by atoms with Crippen LogP contribution in [-0.2, 0) is 0 Å². The van der Waals surface area contributed by atoms with Crippen molar-refractivity contribution in [3.8, 4) is 5.75 Å². The average molecular weight is 479 g/mol. The molecule has 0 bridgehead atoms. The van der Waals surface area contributed by atoms with Crippen LogP contribution in [0.25, 0.3) is 23.3 Å². The van der Waals surface area contributed by atoms with Gasteiger partial charge in [0, 0.05) is 0 Å². The maximum atomic E-state index is 5.39. The summed E-state index contributed by atoms with van der Waals surface area (Å²) in [6.45, 7) is 2.12. The number of ether oxygens (including phenoxy) is 1. The van der Waals surface area contributed by atoms with Crippen LogP contribution in [0.2, 0.25) is 0 Å². The minimum absolute atomic E-state index is 0.855. The van der Waals surface area contributed by atoms with E-state index in [4.69, 9.17) is 4.74 Å². The van der Waals surface area contributed by atoms with Gasteiger partial charge in [-0.05, 0) is 81.8 Å². The summed E-state index contributed by atoms with van der Waals surface area (Å²) in [5, 5.41) is 0. The Morgan fingerprint density at radius 2 is 0.919 bits per heavy atom. The predicted molar refractivity (Wildman–Crippen MR) is 157 cm³/mol. The van der Waals surface area contributed by atoms with E-state index in [-0.39, 0.29) is 0 Å². The molecular formula is C36H30O. The van der Waals surface area contributed by atoms with Gasteiger partial charge in [0.25, 0.3) is 0 Å². The fourth-order valence-electron chi connectivity index (χ4n) is 4.48. The minimum Gasteiger partial charge on any atom is -0.497 e. The van der Waals surface area contributed by atoms with E-state index < -0.39 is 0 Å². The molecule has 0 saturated heterocycles. The van der Waals surface area contributed by atoms with Crippen LogP contribution in [0.1, 0.15) is 38.9 Å². The van der Waals surface area contributed by atoms with Crippen molar-refractivity contribution in [3.63, 3.8) is 0 Å². The van der Waals surface area contributed by atoms with Gasteiger partial charge < -0.3 is 4.74 Å². The van der Waals surface area contributed by atoms with Crippen LogP contribution in [0.5, 0.6) is 5.75 Å². The third-order valence-corrected chi connectivity index (χ3v) is 6.47. The van der Waals surface area contributed by atoms with Crippen LogP contribution in [0.15, 0.2) is 133 Å². The standard InChI is InChI=1S/C36H30O/c1-27-16-18-32(19-17-27)36(33-20-22-34(37-2)23-21-33)26-29-11-9-10-28(24-29)25-35(30-12-5-3-6-13-30)31-14-7-4-8-15-31/h3-26H,1-2H3/b36-26+. The zero-order valence-corrected chi connectivity index (χ0v) is 21.3. The Labute approximate surface area is 220 Å². The highest BCUT2D eigenvalue weighted by atomic mass is 16.5. The first-order valence-electron chi connectivity index (χ1n) is 12.6. The number of hydrogen-bond donors (Lipinski definition) is 0. The van der Waals surface area contributed by atoms with Crippen LogP contribution in [0.3, 0.4) is 0 Å². The van der Waals surface area contributed by atoms with Crippen LogP contribution in [0.4, 0.5) is 0 Å². The van der Waals surface area contributed by atoms with Crippen molar-refractivity contribution in [2.24, 2.45) is 0 Å². The maximum Gasteiger partial charge on any atom is 0.118 e. The Balaban J connectivity index is 1.59. The molecule has 0 amide bonds. The second kappa shape index (κ2) is 11.4. The van der Waals surface area contributed by atoms with Gasteiger partial charge in [-0.25, -0.2) is 0 Å². The second-order valence-electron chi connectivity index (χ2n) is 9.11. The van der Waals surface area contributed by atoms with E-state index in [1.54, 1.807) is 7.11 Å². The highest BCUT2D eigenvalue weighted by Gasteiger charge is 2.08. The van der Waals surface area contributed by atoms with Crippen LogP contribution in [-0.4, -0.2) is 7.11 Å². The van der Waals surface area contributed by atoms with Gasteiger partial charge >= 0.3 is 0 Å². The summed E-state index contributed by atoms with van der Waals surface area (Å²) in [5.41, 5.74) is 10.7. The topological polar surface area (TPSA) is 9.23 Å². The lowest BCUT2D eigenvalue weighted by Gasteiger charge is -2.12. The van der Waals surface area contributed by atoms with Gasteiger partial charge in [-0.2, -0.15) is 0 Å². The molecule has 0 spiro atoms. The Hall–Kier alpha value is -4.62.